The monoisotopic (exact) mass is 301 g/mol. The quantitative estimate of drug-likeness (QED) is 0.946. The Morgan fingerprint density at radius 3 is 1.91 bits per heavy atom. The van der Waals surface area contributed by atoms with Gasteiger partial charge in [0.2, 0.25) is 5.91 Å². The number of carboxylic acid groups (broad SMARTS) is 1. The van der Waals surface area contributed by atoms with Crippen molar-refractivity contribution < 1.29 is 19.4 Å². The molecule has 0 aliphatic carbocycles. The van der Waals surface area contributed by atoms with E-state index in [1.807, 2.05) is 30.3 Å². The fourth-order valence-corrected chi connectivity index (χ4v) is 1.57. The Hall–Kier alpha value is -2.82. The maximum Gasteiger partial charge on any atom is 0.335 e. The standard InChI is InChI=1S/C10H11NO3.C7H8O/c1-7(12)11(2)9-5-3-8(4-6-9)10(13)14;1-8-7-5-3-2-4-6-7/h3-6H,1-2H3,(H,13,14);2-6H,1H3. The molecule has 2 aromatic rings. The summed E-state index contributed by atoms with van der Waals surface area (Å²) in [7, 11) is 3.30. The molecule has 5 heteroatoms. The third-order valence-electron chi connectivity index (χ3n) is 2.95. The Labute approximate surface area is 129 Å². The van der Waals surface area contributed by atoms with Gasteiger partial charge in [0.05, 0.1) is 12.7 Å². The molecule has 0 saturated heterocycles. The van der Waals surface area contributed by atoms with Crippen LogP contribution < -0.4 is 9.64 Å². The van der Waals surface area contributed by atoms with Crippen molar-refractivity contribution in [3.63, 3.8) is 0 Å². The third kappa shape index (κ3) is 5.28. The summed E-state index contributed by atoms with van der Waals surface area (Å²) < 4.78 is 4.91. The lowest BCUT2D eigenvalue weighted by Crippen LogP contribution is -2.22. The zero-order valence-corrected chi connectivity index (χ0v) is 12.8. The zero-order valence-electron chi connectivity index (χ0n) is 12.8. The predicted octanol–water partition coefficient (Wildman–Crippen LogP) is 3.06. The van der Waals surface area contributed by atoms with Crippen molar-refractivity contribution in [2.45, 2.75) is 6.92 Å². The number of benzene rings is 2. The fraction of sp³-hybridized carbons (Fsp3) is 0.176. The number of ether oxygens (including phenoxy) is 1. The average molecular weight is 301 g/mol. The first-order valence-electron chi connectivity index (χ1n) is 6.62. The van der Waals surface area contributed by atoms with Crippen LogP contribution in [0.4, 0.5) is 5.69 Å². The van der Waals surface area contributed by atoms with Crippen molar-refractivity contribution in [2.24, 2.45) is 0 Å². The molecule has 22 heavy (non-hydrogen) atoms. The van der Waals surface area contributed by atoms with E-state index in [1.165, 1.54) is 24.0 Å². The van der Waals surface area contributed by atoms with E-state index >= 15 is 0 Å². The lowest BCUT2D eigenvalue weighted by atomic mass is 10.2. The molecule has 1 N–H and O–H groups in total. The summed E-state index contributed by atoms with van der Waals surface area (Å²) >= 11 is 0. The van der Waals surface area contributed by atoms with Gasteiger partial charge in [0.15, 0.2) is 0 Å². The molecule has 0 spiro atoms. The van der Waals surface area contributed by atoms with Gasteiger partial charge in [0.1, 0.15) is 5.75 Å². The molecule has 0 fully saturated rings. The number of aromatic carboxylic acids is 1. The van der Waals surface area contributed by atoms with Gasteiger partial charge in [-0.2, -0.15) is 0 Å². The molecule has 5 nitrogen and oxygen atoms in total. The van der Waals surface area contributed by atoms with Crippen LogP contribution in [0.15, 0.2) is 54.6 Å². The topological polar surface area (TPSA) is 66.8 Å². The van der Waals surface area contributed by atoms with Crippen LogP contribution >= 0.6 is 0 Å². The molecule has 0 aliphatic rings. The second-order valence-corrected chi connectivity index (χ2v) is 4.45. The van der Waals surface area contributed by atoms with Gasteiger partial charge in [-0.05, 0) is 36.4 Å². The summed E-state index contributed by atoms with van der Waals surface area (Å²) in [5.74, 6) is -0.150. The molecule has 1 amide bonds. The van der Waals surface area contributed by atoms with Gasteiger partial charge < -0.3 is 14.7 Å². The van der Waals surface area contributed by atoms with Gasteiger partial charge in [0.25, 0.3) is 0 Å². The van der Waals surface area contributed by atoms with Crippen LogP contribution in [0.5, 0.6) is 5.75 Å². The highest BCUT2D eigenvalue weighted by atomic mass is 16.5. The highest BCUT2D eigenvalue weighted by Gasteiger charge is 2.06. The predicted molar refractivity (Wildman–Crippen MR) is 85.5 cm³/mol. The van der Waals surface area contributed by atoms with Crippen molar-refractivity contribution >= 4 is 17.6 Å². The summed E-state index contributed by atoms with van der Waals surface area (Å²) in [6.07, 6.45) is 0. The first kappa shape index (κ1) is 17.2. The van der Waals surface area contributed by atoms with Gasteiger partial charge in [-0.15, -0.1) is 0 Å². The molecule has 0 heterocycles. The smallest absolute Gasteiger partial charge is 0.335 e. The number of hydrogen-bond donors (Lipinski definition) is 1. The zero-order chi connectivity index (χ0) is 16.5. The van der Waals surface area contributed by atoms with Crippen molar-refractivity contribution in [2.75, 3.05) is 19.1 Å². The number of hydrogen-bond acceptors (Lipinski definition) is 3. The largest absolute Gasteiger partial charge is 0.497 e. The van der Waals surface area contributed by atoms with Crippen molar-refractivity contribution in [1.29, 1.82) is 0 Å². The van der Waals surface area contributed by atoms with Crippen molar-refractivity contribution in [1.82, 2.24) is 0 Å². The first-order chi connectivity index (χ1) is 10.5. The number of nitrogens with zero attached hydrogens (tertiary/aromatic N) is 1. The number of carboxylic acids is 1. The summed E-state index contributed by atoms with van der Waals surface area (Å²) in [4.78, 5) is 23.0. The van der Waals surface area contributed by atoms with E-state index in [-0.39, 0.29) is 11.5 Å². The van der Waals surface area contributed by atoms with Crippen LogP contribution in [0.3, 0.4) is 0 Å². The Morgan fingerprint density at radius 2 is 1.55 bits per heavy atom. The molecule has 0 bridgehead atoms. The molecule has 0 unspecified atom stereocenters. The van der Waals surface area contributed by atoms with Gasteiger partial charge in [-0.25, -0.2) is 4.79 Å². The molecule has 0 radical (unpaired) electrons. The van der Waals surface area contributed by atoms with Gasteiger partial charge in [-0.3, -0.25) is 4.79 Å². The Bertz CT molecular complexity index is 608. The fourth-order valence-electron chi connectivity index (χ4n) is 1.57. The molecular weight excluding hydrogens is 282 g/mol. The van der Waals surface area contributed by atoms with Crippen LogP contribution in [-0.2, 0) is 4.79 Å². The maximum absolute atomic E-state index is 11.0. The van der Waals surface area contributed by atoms with Crippen LogP contribution in [-0.4, -0.2) is 31.1 Å². The molecule has 2 rings (SSSR count). The Kier molecular flexibility index (Phi) is 6.63. The van der Waals surface area contributed by atoms with E-state index in [0.717, 1.165) is 5.75 Å². The minimum atomic E-state index is -0.970. The van der Waals surface area contributed by atoms with E-state index < -0.39 is 5.97 Å². The summed E-state index contributed by atoms with van der Waals surface area (Å²) in [5, 5.41) is 8.64. The second-order valence-electron chi connectivity index (χ2n) is 4.45. The van der Waals surface area contributed by atoms with E-state index in [1.54, 1.807) is 26.3 Å². The van der Waals surface area contributed by atoms with Gasteiger partial charge >= 0.3 is 5.97 Å². The van der Waals surface area contributed by atoms with Crippen LogP contribution in [0.25, 0.3) is 0 Å². The van der Waals surface area contributed by atoms with Crippen molar-refractivity contribution in [3.05, 3.63) is 60.2 Å². The van der Waals surface area contributed by atoms with Crippen molar-refractivity contribution in [3.8, 4) is 5.75 Å². The molecule has 2 aromatic carbocycles. The third-order valence-corrected chi connectivity index (χ3v) is 2.95. The average Bonchev–Trinajstić information content (AvgIpc) is 2.55. The van der Waals surface area contributed by atoms with E-state index in [2.05, 4.69) is 0 Å². The highest BCUT2D eigenvalue weighted by Crippen LogP contribution is 2.13. The number of rotatable bonds is 3. The molecule has 116 valence electrons. The molecule has 0 aliphatic heterocycles. The molecule has 0 atom stereocenters. The van der Waals surface area contributed by atoms with Crippen LogP contribution in [0.1, 0.15) is 17.3 Å². The number of para-hydroxylation sites is 1. The maximum atomic E-state index is 11.0. The number of anilines is 1. The van der Waals surface area contributed by atoms with E-state index in [4.69, 9.17) is 9.84 Å². The Morgan fingerprint density at radius 1 is 1.00 bits per heavy atom. The van der Waals surface area contributed by atoms with E-state index in [0.29, 0.717) is 5.69 Å². The molecular formula is C17H19NO4. The normalized spacial score (nSPS) is 9.23. The number of methoxy groups -OCH3 is 1. The minimum absolute atomic E-state index is 0.0897. The summed E-state index contributed by atoms with van der Waals surface area (Å²) in [6, 6.07) is 15.8. The van der Waals surface area contributed by atoms with E-state index in [9.17, 15) is 9.59 Å². The lowest BCUT2D eigenvalue weighted by Gasteiger charge is -2.14. The number of carbonyl (C=O) groups is 2. The van der Waals surface area contributed by atoms with Gasteiger partial charge in [0, 0.05) is 19.7 Å². The summed E-state index contributed by atoms with van der Waals surface area (Å²) in [5.41, 5.74) is 0.896. The number of amides is 1. The number of carbonyl (C=O) groups excluding carboxylic acids is 1. The van der Waals surface area contributed by atoms with Crippen LogP contribution in [0, 0.1) is 0 Å². The highest BCUT2D eigenvalue weighted by molar-refractivity contribution is 5.92. The lowest BCUT2D eigenvalue weighted by molar-refractivity contribution is -0.116. The molecule has 0 saturated carbocycles. The Balaban J connectivity index is 0.000000255. The van der Waals surface area contributed by atoms with Crippen LogP contribution in [0.2, 0.25) is 0 Å². The molecule has 0 aromatic heterocycles. The minimum Gasteiger partial charge on any atom is -0.497 e. The second kappa shape index (κ2) is 8.46. The first-order valence-corrected chi connectivity index (χ1v) is 6.62. The SMILES string of the molecule is CC(=O)N(C)c1ccc(C(=O)O)cc1.COc1ccccc1. The van der Waals surface area contributed by atoms with Gasteiger partial charge in [-0.1, -0.05) is 18.2 Å². The summed E-state index contributed by atoms with van der Waals surface area (Å²) in [6.45, 7) is 1.45.